The summed E-state index contributed by atoms with van der Waals surface area (Å²) in [4.78, 5) is 15.3. The molecule has 0 radical (unpaired) electrons. The average Bonchev–Trinajstić information content (AvgIpc) is 3.57. The number of rotatable bonds is 6. The minimum atomic E-state index is 0.699. The molecule has 0 saturated heterocycles. The standard InChI is InChI=1S/C41H27N3S/c1-4-12-30(13-5-1)37-38(31-14-6-2-7-15-31)43-40(44-39(37)32-16-8-3-9-17-32)33-24-20-28(21-25-33)29-22-26-34(27-23-29)41-42-35-18-10-11-19-36(35)45-41/h1-27H. The van der Waals surface area contributed by atoms with E-state index in [2.05, 4.69) is 140 Å². The molecule has 0 spiro atoms. The summed E-state index contributed by atoms with van der Waals surface area (Å²) < 4.78 is 1.21. The van der Waals surface area contributed by atoms with Crippen LogP contribution in [0, 0.1) is 0 Å². The van der Waals surface area contributed by atoms with Gasteiger partial charge in [0.1, 0.15) is 5.01 Å². The number of hydrogen-bond donors (Lipinski definition) is 0. The largest absolute Gasteiger partial charge is 0.236 e. The van der Waals surface area contributed by atoms with E-state index in [1.807, 2.05) is 24.3 Å². The molecule has 212 valence electrons. The Labute approximate surface area is 266 Å². The van der Waals surface area contributed by atoms with Gasteiger partial charge < -0.3 is 0 Å². The van der Waals surface area contributed by atoms with E-state index in [9.17, 15) is 0 Å². The number of thiazole rings is 1. The van der Waals surface area contributed by atoms with E-state index in [1.165, 1.54) is 4.70 Å². The highest BCUT2D eigenvalue weighted by Crippen LogP contribution is 2.40. The second-order valence-corrected chi connectivity index (χ2v) is 11.9. The third-order valence-electron chi connectivity index (χ3n) is 7.97. The molecule has 0 amide bonds. The monoisotopic (exact) mass is 593 g/mol. The zero-order valence-corrected chi connectivity index (χ0v) is 25.2. The van der Waals surface area contributed by atoms with Crippen LogP contribution in [0.25, 0.3) is 76.9 Å². The first kappa shape index (κ1) is 26.9. The van der Waals surface area contributed by atoms with Crippen LogP contribution in [0.3, 0.4) is 0 Å². The van der Waals surface area contributed by atoms with Gasteiger partial charge in [-0.1, -0.05) is 152 Å². The van der Waals surface area contributed by atoms with Gasteiger partial charge in [0.2, 0.25) is 0 Å². The Kier molecular flexibility index (Phi) is 7.02. The van der Waals surface area contributed by atoms with Gasteiger partial charge in [-0.15, -0.1) is 11.3 Å². The Morgan fingerprint density at radius 2 is 0.778 bits per heavy atom. The molecule has 0 N–H and O–H groups in total. The van der Waals surface area contributed by atoms with Crippen molar-refractivity contribution in [2.24, 2.45) is 0 Å². The molecule has 0 atom stereocenters. The minimum Gasteiger partial charge on any atom is -0.236 e. The molecule has 4 heteroatoms. The molecule has 3 nitrogen and oxygen atoms in total. The van der Waals surface area contributed by atoms with Gasteiger partial charge in [0.25, 0.3) is 0 Å². The SMILES string of the molecule is c1ccc(-c2nc(-c3ccc(-c4ccc(-c5nc6ccccc6s5)cc4)cc3)nc(-c3ccccc3)c2-c2ccccc2)cc1. The van der Waals surface area contributed by atoms with Crippen molar-refractivity contribution >= 4 is 21.6 Å². The fraction of sp³-hybridized carbons (Fsp3) is 0. The average molecular weight is 594 g/mol. The second-order valence-electron chi connectivity index (χ2n) is 10.9. The summed E-state index contributed by atoms with van der Waals surface area (Å²) in [6, 6.07) is 56.7. The summed E-state index contributed by atoms with van der Waals surface area (Å²) in [6.07, 6.45) is 0. The maximum Gasteiger partial charge on any atom is 0.160 e. The number of aromatic nitrogens is 3. The molecule has 2 aromatic heterocycles. The van der Waals surface area contributed by atoms with Crippen molar-refractivity contribution in [3.05, 3.63) is 164 Å². The van der Waals surface area contributed by atoms with Gasteiger partial charge in [-0.3, -0.25) is 0 Å². The van der Waals surface area contributed by atoms with E-state index in [0.717, 1.165) is 66.4 Å². The van der Waals surface area contributed by atoms with Crippen LogP contribution in [0.5, 0.6) is 0 Å². The number of para-hydroxylation sites is 1. The van der Waals surface area contributed by atoms with E-state index in [1.54, 1.807) is 11.3 Å². The van der Waals surface area contributed by atoms with Crippen LogP contribution in [-0.4, -0.2) is 15.0 Å². The van der Waals surface area contributed by atoms with E-state index < -0.39 is 0 Å². The Hall–Kier alpha value is -5.71. The maximum atomic E-state index is 5.22. The van der Waals surface area contributed by atoms with Gasteiger partial charge in [0.05, 0.1) is 21.6 Å². The lowest BCUT2D eigenvalue weighted by Gasteiger charge is -2.17. The molecule has 0 fully saturated rings. The fourth-order valence-corrected chi connectivity index (χ4v) is 6.66. The lowest BCUT2D eigenvalue weighted by molar-refractivity contribution is 1.18. The molecule has 8 aromatic rings. The van der Waals surface area contributed by atoms with Gasteiger partial charge in [0.15, 0.2) is 5.82 Å². The summed E-state index contributed by atoms with van der Waals surface area (Å²) in [5, 5.41) is 1.04. The zero-order valence-electron chi connectivity index (χ0n) is 24.3. The first-order valence-corrected chi connectivity index (χ1v) is 15.8. The molecule has 0 saturated carbocycles. The highest BCUT2D eigenvalue weighted by molar-refractivity contribution is 7.21. The predicted octanol–water partition coefficient (Wildman–Crippen LogP) is 11.1. The number of benzene rings is 6. The van der Waals surface area contributed by atoms with E-state index >= 15 is 0 Å². The molecule has 0 aliphatic heterocycles. The highest BCUT2D eigenvalue weighted by atomic mass is 32.1. The van der Waals surface area contributed by atoms with Gasteiger partial charge in [0, 0.05) is 27.8 Å². The molecule has 0 bridgehead atoms. The lowest BCUT2D eigenvalue weighted by atomic mass is 9.94. The Bertz CT molecular complexity index is 2130. The van der Waals surface area contributed by atoms with Gasteiger partial charge in [-0.2, -0.15) is 0 Å². The Morgan fingerprint density at radius 1 is 0.333 bits per heavy atom. The van der Waals surface area contributed by atoms with Crippen molar-refractivity contribution in [2.75, 3.05) is 0 Å². The zero-order chi connectivity index (χ0) is 30.0. The van der Waals surface area contributed by atoms with Crippen LogP contribution in [0.1, 0.15) is 0 Å². The predicted molar refractivity (Wildman–Crippen MR) is 188 cm³/mol. The number of hydrogen-bond acceptors (Lipinski definition) is 4. The first-order valence-electron chi connectivity index (χ1n) is 15.0. The van der Waals surface area contributed by atoms with Gasteiger partial charge >= 0.3 is 0 Å². The first-order chi connectivity index (χ1) is 22.3. The molecule has 0 aliphatic carbocycles. The van der Waals surface area contributed by atoms with Crippen molar-refractivity contribution in [1.82, 2.24) is 15.0 Å². The molecule has 6 aromatic carbocycles. The molecule has 2 heterocycles. The van der Waals surface area contributed by atoms with Crippen LogP contribution in [0.2, 0.25) is 0 Å². The quantitative estimate of drug-likeness (QED) is 0.192. The number of nitrogens with zero attached hydrogens (tertiary/aromatic N) is 3. The topological polar surface area (TPSA) is 38.7 Å². The number of fused-ring (bicyclic) bond motifs is 1. The summed E-state index contributed by atoms with van der Waals surface area (Å²) in [5.74, 6) is 0.699. The van der Waals surface area contributed by atoms with Crippen LogP contribution >= 0.6 is 11.3 Å². The maximum absolute atomic E-state index is 5.22. The summed E-state index contributed by atoms with van der Waals surface area (Å²) in [6.45, 7) is 0. The Balaban J connectivity index is 1.19. The smallest absolute Gasteiger partial charge is 0.160 e. The molecule has 0 aliphatic rings. The highest BCUT2D eigenvalue weighted by Gasteiger charge is 2.20. The van der Waals surface area contributed by atoms with E-state index in [-0.39, 0.29) is 0 Å². The van der Waals surface area contributed by atoms with Crippen molar-refractivity contribution in [3.63, 3.8) is 0 Å². The molecule has 45 heavy (non-hydrogen) atoms. The Morgan fingerprint density at radius 3 is 1.31 bits per heavy atom. The van der Waals surface area contributed by atoms with E-state index in [0.29, 0.717) is 5.82 Å². The fourth-order valence-electron chi connectivity index (χ4n) is 5.69. The van der Waals surface area contributed by atoms with Crippen LogP contribution in [0.15, 0.2) is 164 Å². The van der Waals surface area contributed by atoms with Crippen LogP contribution in [-0.2, 0) is 0 Å². The normalized spacial score (nSPS) is 11.1. The molecular formula is C41H27N3S. The second kappa shape index (κ2) is 11.8. The van der Waals surface area contributed by atoms with Crippen LogP contribution in [0.4, 0.5) is 0 Å². The third-order valence-corrected chi connectivity index (χ3v) is 9.05. The molecule has 0 unspecified atom stereocenters. The molecular weight excluding hydrogens is 567 g/mol. The van der Waals surface area contributed by atoms with Crippen LogP contribution < -0.4 is 0 Å². The third kappa shape index (κ3) is 5.33. The summed E-state index contributed by atoms with van der Waals surface area (Å²) in [7, 11) is 0. The van der Waals surface area contributed by atoms with Gasteiger partial charge in [-0.25, -0.2) is 15.0 Å². The molecule has 8 rings (SSSR count). The van der Waals surface area contributed by atoms with Crippen molar-refractivity contribution in [2.45, 2.75) is 0 Å². The summed E-state index contributed by atoms with van der Waals surface area (Å²) in [5.41, 5.74) is 11.5. The van der Waals surface area contributed by atoms with Crippen molar-refractivity contribution in [3.8, 4) is 66.7 Å². The minimum absolute atomic E-state index is 0.699. The van der Waals surface area contributed by atoms with E-state index in [4.69, 9.17) is 15.0 Å². The van der Waals surface area contributed by atoms with Crippen molar-refractivity contribution in [1.29, 1.82) is 0 Å². The van der Waals surface area contributed by atoms with Crippen molar-refractivity contribution < 1.29 is 0 Å². The van der Waals surface area contributed by atoms with Gasteiger partial charge in [-0.05, 0) is 28.8 Å². The lowest BCUT2D eigenvalue weighted by Crippen LogP contribution is -2.00. The summed E-state index contributed by atoms with van der Waals surface area (Å²) >= 11 is 1.73.